The van der Waals surface area contributed by atoms with Gasteiger partial charge in [-0.3, -0.25) is 19.1 Å². The summed E-state index contributed by atoms with van der Waals surface area (Å²) < 4.78 is 15.2. The molecule has 4 aromatic rings. The lowest BCUT2D eigenvalue weighted by Gasteiger charge is -2.29. The summed E-state index contributed by atoms with van der Waals surface area (Å²) in [5.41, 5.74) is 5.38. The standard InChI is InChI=1S/C30H29FN4O2/c1-20-8-11-23(12-9-20)29-33-27-18-34(17-22-6-4-3-5-7-22)15-14-25(27)30(37)35(29)19-28(36)32-26-16-24(31)13-10-21(26)2/h3-13,16H,14-15,17-19H2,1-2H3,(H,32,36). The summed E-state index contributed by atoms with van der Waals surface area (Å²) in [5.74, 6) is -0.391. The normalized spacial score (nSPS) is 13.3. The Bertz CT molecular complexity index is 1500. The maximum absolute atomic E-state index is 13.7. The van der Waals surface area contributed by atoms with Gasteiger partial charge < -0.3 is 5.32 Å². The fraction of sp³-hybridized carbons (Fsp3) is 0.233. The zero-order valence-electron chi connectivity index (χ0n) is 21.0. The number of carbonyl (C=O) groups excluding carboxylic acids is 1. The highest BCUT2D eigenvalue weighted by molar-refractivity contribution is 5.91. The molecule has 0 bridgehead atoms. The Labute approximate surface area is 215 Å². The molecule has 0 radical (unpaired) electrons. The molecule has 0 unspecified atom stereocenters. The average molecular weight is 497 g/mol. The molecule has 1 aliphatic rings. The Morgan fingerprint density at radius 3 is 2.54 bits per heavy atom. The summed E-state index contributed by atoms with van der Waals surface area (Å²) in [6.45, 7) is 5.64. The second-order valence-corrected chi connectivity index (χ2v) is 9.57. The maximum Gasteiger partial charge on any atom is 0.257 e. The van der Waals surface area contributed by atoms with Crippen LogP contribution in [0.3, 0.4) is 0 Å². The first-order chi connectivity index (χ1) is 17.9. The molecule has 7 heteroatoms. The molecule has 0 fully saturated rings. The molecule has 2 heterocycles. The van der Waals surface area contributed by atoms with E-state index in [9.17, 15) is 14.0 Å². The van der Waals surface area contributed by atoms with Crippen molar-refractivity contribution < 1.29 is 9.18 Å². The van der Waals surface area contributed by atoms with Crippen LogP contribution in [0, 0.1) is 19.7 Å². The van der Waals surface area contributed by atoms with Crippen molar-refractivity contribution in [2.45, 2.75) is 39.9 Å². The van der Waals surface area contributed by atoms with Gasteiger partial charge in [-0.2, -0.15) is 0 Å². The van der Waals surface area contributed by atoms with Crippen molar-refractivity contribution in [1.29, 1.82) is 0 Å². The molecule has 3 aromatic carbocycles. The van der Waals surface area contributed by atoms with E-state index in [1.807, 2.05) is 49.4 Å². The van der Waals surface area contributed by atoms with Gasteiger partial charge in [0.1, 0.15) is 18.2 Å². The number of hydrogen-bond donors (Lipinski definition) is 1. The number of nitrogens with zero attached hydrogens (tertiary/aromatic N) is 3. The molecular weight excluding hydrogens is 467 g/mol. The van der Waals surface area contributed by atoms with E-state index in [-0.39, 0.29) is 12.1 Å². The summed E-state index contributed by atoms with van der Waals surface area (Å²) in [7, 11) is 0. The van der Waals surface area contributed by atoms with Crippen LogP contribution < -0.4 is 10.9 Å². The number of hydrogen-bond acceptors (Lipinski definition) is 4. The van der Waals surface area contributed by atoms with Crippen LogP contribution in [-0.2, 0) is 30.8 Å². The van der Waals surface area contributed by atoms with Gasteiger partial charge in [0.05, 0.1) is 5.69 Å². The molecular formula is C30H29FN4O2. The Morgan fingerprint density at radius 2 is 1.78 bits per heavy atom. The average Bonchev–Trinajstić information content (AvgIpc) is 2.89. The molecule has 37 heavy (non-hydrogen) atoms. The van der Waals surface area contributed by atoms with E-state index in [2.05, 4.69) is 22.3 Å². The molecule has 1 aromatic heterocycles. The third-order valence-corrected chi connectivity index (χ3v) is 6.73. The third kappa shape index (κ3) is 5.52. The van der Waals surface area contributed by atoms with E-state index in [1.54, 1.807) is 13.0 Å². The number of carbonyl (C=O) groups is 1. The van der Waals surface area contributed by atoms with Gasteiger partial charge in [0, 0.05) is 36.4 Å². The van der Waals surface area contributed by atoms with Crippen molar-refractivity contribution in [3.8, 4) is 11.4 Å². The molecule has 0 aliphatic carbocycles. The molecule has 5 rings (SSSR count). The van der Waals surface area contributed by atoms with Crippen LogP contribution in [0.5, 0.6) is 0 Å². The van der Waals surface area contributed by atoms with Gasteiger partial charge in [-0.15, -0.1) is 0 Å². The van der Waals surface area contributed by atoms with Gasteiger partial charge in [0.2, 0.25) is 5.91 Å². The number of aryl methyl sites for hydroxylation is 2. The molecule has 0 saturated carbocycles. The minimum Gasteiger partial charge on any atom is -0.324 e. The number of aromatic nitrogens is 2. The summed E-state index contributed by atoms with van der Waals surface area (Å²) in [4.78, 5) is 34.0. The van der Waals surface area contributed by atoms with Crippen molar-refractivity contribution >= 4 is 11.6 Å². The molecule has 1 amide bonds. The second kappa shape index (κ2) is 10.5. The van der Waals surface area contributed by atoms with E-state index in [0.717, 1.165) is 35.5 Å². The van der Waals surface area contributed by atoms with Crippen LogP contribution in [0.1, 0.15) is 27.9 Å². The van der Waals surface area contributed by atoms with Crippen LogP contribution in [0.15, 0.2) is 77.6 Å². The molecule has 0 atom stereocenters. The lowest BCUT2D eigenvalue weighted by Crippen LogP contribution is -2.39. The Hall–Kier alpha value is -4.10. The number of rotatable bonds is 6. The van der Waals surface area contributed by atoms with Gasteiger partial charge >= 0.3 is 0 Å². The highest BCUT2D eigenvalue weighted by Crippen LogP contribution is 2.23. The van der Waals surface area contributed by atoms with Crippen LogP contribution in [-0.4, -0.2) is 26.9 Å². The van der Waals surface area contributed by atoms with E-state index in [4.69, 9.17) is 4.98 Å². The minimum absolute atomic E-state index is 0.203. The molecule has 0 spiro atoms. The smallest absolute Gasteiger partial charge is 0.257 e. The van der Waals surface area contributed by atoms with Gasteiger partial charge in [-0.25, -0.2) is 9.37 Å². The van der Waals surface area contributed by atoms with Crippen molar-refractivity contribution in [3.63, 3.8) is 0 Å². The number of anilines is 1. The second-order valence-electron chi connectivity index (χ2n) is 9.57. The van der Waals surface area contributed by atoms with Crippen LogP contribution in [0.4, 0.5) is 10.1 Å². The van der Waals surface area contributed by atoms with Crippen LogP contribution in [0.2, 0.25) is 0 Å². The molecule has 0 saturated heterocycles. The monoisotopic (exact) mass is 496 g/mol. The van der Waals surface area contributed by atoms with Crippen molar-refractivity contribution in [3.05, 3.63) is 117 Å². The van der Waals surface area contributed by atoms with Gasteiger partial charge in [0.25, 0.3) is 5.56 Å². The minimum atomic E-state index is -0.436. The predicted molar refractivity (Wildman–Crippen MR) is 143 cm³/mol. The van der Waals surface area contributed by atoms with E-state index in [0.29, 0.717) is 30.0 Å². The lowest BCUT2D eigenvalue weighted by molar-refractivity contribution is -0.116. The topological polar surface area (TPSA) is 67.2 Å². The van der Waals surface area contributed by atoms with E-state index >= 15 is 0 Å². The SMILES string of the molecule is Cc1ccc(-c2nc3c(c(=O)n2CC(=O)Nc2cc(F)ccc2C)CCN(Cc2ccccc2)C3)cc1. The highest BCUT2D eigenvalue weighted by Gasteiger charge is 2.25. The Kier molecular flexibility index (Phi) is 6.97. The van der Waals surface area contributed by atoms with E-state index < -0.39 is 11.7 Å². The maximum atomic E-state index is 13.7. The first kappa shape index (κ1) is 24.6. The van der Waals surface area contributed by atoms with Gasteiger partial charge in [-0.05, 0) is 43.5 Å². The number of halogens is 1. The van der Waals surface area contributed by atoms with Crippen LogP contribution >= 0.6 is 0 Å². The zero-order valence-corrected chi connectivity index (χ0v) is 21.0. The van der Waals surface area contributed by atoms with Gasteiger partial charge in [0.15, 0.2) is 0 Å². The highest BCUT2D eigenvalue weighted by atomic mass is 19.1. The van der Waals surface area contributed by atoms with Crippen molar-refractivity contribution in [1.82, 2.24) is 14.5 Å². The molecule has 188 valence electrons. The number of amides is 1. The fourth-order valence-electron chi connectivity index (χ4n) is 4.69. The Morgan fingerprint density at radius 1 is 1.03 bits per heavy atom. The summed E-state index contributed by atoms with van der Waals surface area (Å²) in [6, 6.07) is 22.2. The summed E-state index contributed by atoms with van der Waals surface area (Å²) in [5, 5.41) is 2.75. The van der Waals surface area contributed by atoms with Crippen molar-refractivity contribution in [2.24, 2.45) is 0 Å². The first-order valence-electron chi connectivity index (χ1n) is 12.4. The number of benzene rings is 3. The predicted octanol–water partition coefficient (Wildman–Crippen LogP) is 4.86. The Balaban J connectivity index is 1.49. The fourth-order valence-corrected chi connectivity index (χ4v) is 4.69. The number of nitrogens with one attached hydrogen (secondary N) is 1. The third-order valence-electron chi connectivity index (χ3n) is 6.73. The largest absolute Gasteiger partial charge is 0.324 e. The molecule has 1 N–H and O–H groups in total. The molecule has 1 aliphatic heterocycles. The summed E-state index contributed by atoms with van der Waals surface area (Å²) in [6.07, 6.45) is 0.562. The van der Waals surface area contributed by atoms with Crippen molar-refractivity contribution in [2.75, 3.05) is 11.9 Å². The molecule has 6 nitrogen and oxygen atoms in total. The van der Waals surface area contributed by atoms with Crippen LogP contribution in [0.25, 0.3) is 11.4 Å². The summed E-state index contributed by atoms with van der Waals surface area (Å²) >= 11 is 0. The van der Waals surface area contributed by atoms with E-state index in [1.165, 1.54) is 22.3 Å². The zero-order chi connectivity index (χ0) is 25.9. The number of fused-ring (bicyclic) bond motifs is 1. The quantitative estimate of drug-likeness (QED) is 0.414. The van der Waals surface area contributed by atoms with Gasteiger partial charge in [-0.1, -0.05) is 66.2 Å². The first-order valence-corrected chi connectivity index (χ1v) is 12.4. The lowest BCUT2D eigenvalue weighted by atomic mass is 10.0.